The van der Waals surface area contributed by atoms with E-state index in [4.69, 9.17) is 12.2 Å². The van der Waals surface area contributed by atoms with E-state index in [-0.39, 0.29) is 5.91 Å². The first-order valence-corrected chi connectivity index (χ1v) is 5.71. The Balaban J connectivity index is 2.60. The van der Waals surface area contributed by atoms with Gasteiger partial charge in [-0.2, -0.15) is 0 Å². The quantitative estimate of drug-likeness (QED) is 0.505. The Labute approximate surface area is 104 Å². The number of anilines is 1. The van der Waals surface area contributed by atoms with Crippen LogP contribution in [0.15, 0.2) is 22.7 Å². The standard InChI is InChI=1S/C12H13BrN2O/c1-2-3-4-8-15-12(16)9-6-5-7-10(14)11(9)13/h1,5-7H,3-4,8,14H2,(H,15,16). The molecule has 0 aromatic heterocycles. The van der Waals surface area contributed by atoms with Gasteiger partial charge in [0, 0.05) is 18.7 Å². The second-order valence-corrected chi connectivity index (χ2v) is 4.07. The number of halogens is 1. The summed E-state index contributed by atoms with van der Waals surface area (Å²) in [6, 6.07) is 5.20. The van der Waals surface area contributed by atoms with Crippen LogP contribution in [0.1, 0.15) is 23.2 Å². The number of unbranched alkanes of at least 4 members (excludes halogenated alkanes) is 1. The molecule has 1 rings (SSSR count). The summed E-state index contributed by atoms with van der Waals surface area (Å²) in [4.78, 5) is 11.7. The number of benzene rings is 1. The zero-order valence-electron chi connectivity index (χ0n) is 8.79. The molecule has 84 valence electrons. The van der Waals surface area contributed by atoms with Gasteiger partial charge in [0.25, 0.3) is 5.91 Å². The second kappa shape index (κ2) is 6.19. The summed E-state index contributed by atoms with van der Waals surface area (Å²) in [5.41, 5.74) is 6.78. The van der Waals surface area contributed by atoms with Gasteiger partial charge in [0.15, 0.2) is 0 Å². The van der Waals surface area contributed by atoms with Crippen molar-refractivity contribution >= 4 is 27.5 Å². The van der Waals surface area contributed by atoms with Crippen molar-refractivity contribution in [3.05, 3.63) is 28.2 Å². The number of terminal acetylenes is 1. The van der Waals surface area contributed by atoms with Crippen LogP contribution in [-0.4, -0.2) is 12.5 Å². The third-order valence-electron chi connectivity index (χ3n) is 2.06. The Morgan fingerprint density at radius 1 is 1.56 bits per heavy atom. The van der Waals surface area contributed by atoms with Crippen LogP contribution in [0, 0.1) is 12.3 Å². The topological polar surface area (TPSA) is 55.1 Å². The van der Waals surface area contributed by atoms with E-state index in [2.05, 4.69) is 27.2 Å². The molecular weight excluding hydrogens is 268 g/mol. The van der Waals surface area contributed by atoms with Gasteiger partial charge in [-0.25, -0.2) is 0 Å². The summed E-state index contributed by atoms with van der Waals surface area (Å²) < 4.78 is 0.629. The molecule has 0 fully saturated rings. The number of nitrogen functional groups attached to an aromatic ring is 1. The predicted octanol–water partition coefficient (Wildman–Crippen LogP) is 2.17. The Morgan fingerprint density at radius 2 is 2.31 bits per heavy atom. The molecule has 0 radical (unpaired) electrons. The second-order valence-electron chi connectivity index (χ2n) is 3.27. The van der Waals surface area contributed by atoms with E-state index < -0.39 is 0 Å². The van der Waals surface area contributed by atoms with Gasteiger partial charge in [0.05, 0.1) is 10.0 Å². The highest BCUT2D eigenvalue weighted by molar-refractivity contribution is 9.10. The maximum absolute atomic E-state index is 11.7. The first-order chi connectivity index (χ1) is 7.66. The number of carbonyl (C=O) groups excluding carboxylic acids is 1. The van der Waals surface area contributed by atoms with Crippen LogP contribution in [0.25, 0.3) is 0 Å². The highest BCUT2D eigenvalue weighted by Gasteiger charge is 2.10. The van der Waals surface area contributed by atoms with Crippen molar-refractivity contribution < 1.29 is 4.79 Å². The number of amides is 1. The zero-order chi connectivity index (χ0) is 12.0. The SMILES string of the molecule is C#CCCCNC(=O)c1cccc(N)c1Br. The number of hydrogen-bond acceptors (Lipinski definition) is 2. The highest BCUT2D eigenvalue weighted by atomic mass is 79.9. The molecule has 0 atom stereocenters. The molecule has 0 saturated carbocycles. The highest BCUT2D eigenvalue weighted by Crippen LogP contribution is 2.23. The molecule has 4 heteroatoms. The summed E-state index contributed by atoms with van der Waals surface area (Å²) in [5, 5.41) is 2.78. The van der Waals surface area contributed by atoms with Crippen molar-refractivity contribution in [2.45, 2.75) is 12.8 Å². The van der Waals surface area contributed by atoms with Crippen molar-refractivity contribution in [3.8, 4) is 12.3 Å². The zero-order valence-corrected chi connectivity index (χ0v) is 10.4. The fraction of sp³-hybridized carbons (Fsp3) is 0.250. The Hall–Kier alpha value is -1.47. The molecule has 0 saturated heterocycles. The van der Waals surface area contributed by atoms with Crippen molar-refractivity contribution in [2.24, 2.45) is 0 Å². The van der Waals surface area contributed by atoms with Gasteiger partial charge < -0.3 is 11.1 Å². The third-order valence-corrected chi connectivity index (χ3v) is 2.94. The van der Waals surface area contributed by atoms with Crippen LogP contribution in [0.4, 0.5) is 5.69 Å². The normalized spacial score (nSPS) is 9.50. The fourth-order valence-electron chi connectivity index (χ4n) is 1.21. The molecule has 0 unspecified atom stereocenters. The molecule has 0 aliphatic rings. The first-order valence-electron chi connectivity index (χ1n) is 4.92. The Bertz CT molecular complexity index is 424. The molecule has 3 N–H and O–H groups in total. The predicted molar refractivity (Wildman–Crippen MR) is 69.0 cm³/mol. The van der Waals surface area contributed by atoms with Crippen molar-refractivity contribution in [3.63, 3.8) is 0 Å². The van der Waals surface area contributed by atoms with Crippen molar-refractivity contribution in [2.75, 3.05) is 12.3 Å². The van der Waals surface area contributed by atoms with Crippen LogP contribution in [-0.2, 0) is 0 Å². The van der Waals surface area contributed by atoms with Crippen LogP contribution in [0.2, 0.25) is 0 Å². The monoisotopic (exact) mass is 280 g/mol. The minimum atomic E-state index is -0.142. The van der Waals surface area contributed by atoms with E-state index in [1.165, 1.54) is 0 Å². The lowest BCUT2D eigenvalue weighted by Gasteiger charge is -2.07. The first kappa shape index (κ1) is 12.6. The van der Waals surface area contributed by atoms with E-state index in [1.54, 1.807) is 18.2 Å². The Kier molecular flexibility index (Phi) is 4.87. The molecule has 1 aromatic rings. The van der Waals surface area contributed by atoms with E-state index >= 15 is 0 Å². The lowest BCUT2D eigenvalue weighted by Crippen LogP contribution is -2.24. The summed E-state index contributed by atoms with van der Waals surface area (Å²) in [6.45, 7) is 0.574. The van der Waals surface area contributed by atoms with Gasteiger partial charge in [0.1, 0.15) is 0 Å². The summed E-state index contributed by atoms with van der Waals surface area (Å²) in [6.07, 6.45) is 6.56. The molecule has 1 aromatic carbocycles. The van der Waals surface area contributed by atoms with Crippen LogP contribution in [0.3, 0.4) is 0 Å². The summed E-state index contributed by atoms with van der Waals surface area (Å²) >= 11 is 3.29. The van der Waals surface area contributed by atoms with Crippen LogP contribution < -0.4 is 11.1 Å². The fourth-order valence-corrected chi connectivity index (χ4v) is 1.66. The molecule has 16 heavy (non-hydrogen) atoms. The van der Waals surface area contributed by atoms with Crippen molar-refractivity contribution in [1.82, 2.24) is 5.32 Å². The lowest BCUT2D eigenvalue weighted by molar-refractivity contribution is 0.0952. The Morgan fingerprint density at radius 3 is 3.00 bits per heavy atom. The molecule has 0 heterocycles. The largest absolute Gasteiger partial charge is 0.398 e. The molecular formula is C12H13BrN2O. The number of carbonyl (C=O) groups is 1. The van der Waals surface area contributed by atoms with Gasteiger partial charge in [-0.05, 0) is 34.5 Å². The number of rotatable bonds is 4. The van der Waals surface area contributed by atoms with Crippen LogP contribution in [0.5, 0.6) is 0 Å². The van der Waals surface area contributed by atoms with E-state index in [9.17, 15) is 4.79 Å². The maximum Gasteiger partial charge on any atom is 0.252 e. The van der Waals surface area contributed by atoms with Gasteiger partial charge in [-0.1, -0.05) is 6.07 Å². The van der Waals surface area contributed by atoms with E-state index in [0.717, 1.165) is 6.42 Å². The van der Waals surface area contributed by atoms with Crippen LogP contribution >= 0.6 is 15.9 Å². The molecule has 1 amide bonds. The number of hydrogen-bond donors (Lipinski definition) is 2. The van der Waals surface area contributed by atoms with E-state index in [0.29, 0.717) is 28.7 Å². The molecule has 0 aliphatic carbocycles. The third kappa shape index (κ3) is 3.28. The molecule has 3 nitrogen and oxygen atoms in total. The smallest absolute Gasteiger partial charge is 0.252 e. The number of nitrogens with one attached hydrogen (secondary N) is 1. The average molecular weight is 281 g/mol. The van der Waals surface area contributed by atoms with Gasteiger partial charge >= 0.3 is 0 Å². The van der Waals surface area contributed by atoms with Crippen molar-refractivity contribution in [1.29, 1.82) is 0 Å². The maximum atomic E-state index is 11.7. The summed E-state index contributed by atoms with van der Waals surface area (Å²) in [7, 11) is 0. The minimum Gasteiger partial charge on any atom is -0.398 e. The minimum absolute atomic E-state index is 0.142. The number of nitrogens with two attached hydrogens (primary N) is 1. The van der Waals surface area contributed by atoms with Gasteiger partial charge in [-0.3, -0.25) is 4.79 Å². The average Bonchev–Trinajstić information content (AvgIpc) is 2.28. The molecule has 0 aliphatic heterocycles. The lowest BCUT2D eigenvalue weighted by atomic mass is 10.2. The molecule has 0 bridgehead atoms. The van der Waals surface area contributed by atoms with E-state index in [1.807, 2.05) is 0 Å². The van der Waals surface area contributed by atoms with Gasteiger partial charge in [0.2, 0.25) is 0 Å². The summed E-state index contributed by atoms with van der Waals surface area (Å²) in [5.74, 6) is 2.38. The van der Waals surface area contributed by atoms with Gasteiger partial charge in [-0.15, -0.1) is 12.3 Å². The molecule has 0 spiro atoms.